The number of amides is 1. The van der Waals surface area contributed by atoms with Crippen LogP contribution in [0.25, 0.3) is 11.0 Å². The summed E-state index contributed by atoms with van der Waals surface area (Å²) in [5, 5.41) is 2.94. The lowest BCUT2D eigenvalue weighted by atomic mass is 10.1. The number of hydrogen-bond acceptors (Lipinski definition) is 2. The number of nitrogens with one attached hydrogen (secondary N) is 2. The van der Waals surface area contributed by atoms with E-state index in [2.05, 4.69) is 28.3 Å². The van der Waals surface area contributed by atoms with E-state index in [4.69, 9.17) is 0 Å². The number of hydrogen-bond donors (Lipinski definition) is 2. The van der Waals surface area contributed by atoms with E-state index in [9.17, 15) is 4.79 Å². The number of aryl methyl sites for hydroxylation is 2. The van der Waals surface area contributed by atoms with E-state index >= 15 is 0 Å². The number of anilines is 1. The number of aromatic nitrogens is 2. The van der Waals surface area contributed by atoms with Crippen LogP contribution in [-0.4, -0.2) is 15.9 Å². The molecule has 0 radical (unpaired) electrons. The van der Waals surface area contributed by atoms with Crippen LogP contribution in [0.4, 0.5) is 5.69 Å². The summed E-state index contributed by atoms with van der Waals surface area (Å²) in [6.07, 6.45) is 1.98. The third kappa shape index (κ3) is 3.34. The molecule has 112 valence electrons. The normalized spacial score (nSPS) is 10.8. The average Bonchev–Trinajstić information content (AvgIpc) is 2.96. The van der Waals surface area contributed by atoms with Crippen molar-refractivity contribution in [2.45, 2.75) is 26.2 Å². The summed E-state index contributed by atoms with van der Waals surface area (Å²) < 4.78 is 0. The van der Waals surface area contributed by atoms with Crippen LogP contribution in [0.2, 0.25) is 0 Å². The van der Waals surface area contributed by atoms with Gasteiger partial charge in [0.1, 0.15) is 5.82 Å². The fourth-order valence-electron chi connectivity index (χ4n) is 2.45. The highest BCUT2D eigenvalue weighted by Gasteiger charge is 2.07. The Kier molecular flexibility index (Phi) is 4.19. The van der Waals surface area contributed by atoms with Gasteiger partial charge in [0.15, 0.2) is 0 Å². The maximum absolute atomic E-state index is 12.0. The molecule has 0 aliphatic heterocycles. The van der Waals surface area contributed by atoms with Crippen LogP contribution in [0.1, 0.15) is 24.7 Å². The largest absolute Gasteiger partial charge is 0.342 e. The van der Waals surface area contributed by atoms with Gasteiger partial charge in [0, 0.05) is 18.5 Å². The Morgan fingerprint density at radius 3 is 2.86 bits per heavy atom. The van der Waals surface area contributed by atoms with E-state index in [1.54, 1.807) is 0 Å². The summed E-state index contributed by atoms with van der Waals surface area (Å²) in [5.41, 5.74) is 4.02. The van der Waals surface area contributed by atoms with Crippen LogP contribution in [0.5, 0.6) is 0 Å². The Hall–Kier alpha value is -2.62. The maximum Gasteiger partial charge on any atom is 0.224 e. The van der Waals surface area contributed by atoms with Gasteiger partial charge in [-0.2, -0.15) is 0 Å². The summed E-state index contributed by atoms with van der Waals surface area (Å²) in [6, 6.07) is 15.8. The molecular weight excluding hydrogens is 274 g/mol. The number of aromatic amines is 1. The van der Waals surface area contributed by atoms with Gasteiger partial charge in [0.05, 0.1) is 11.0 Å². The standard InChI is InChI=1S/C18H19N3O/c1-2-13-6-5-7-14(12-13)19-18(22)11-10-17-20-15-8-3-4-9-16(15)21-17/h3-9,12H,2,10-11H2,1H3,(H,19,22)(H,20,21). The van der Waals surface area contributed by atoms with Crippen molar-refractivity contribution in [3.8, 4) is 0 Å². The first-order chi connectivity index (χ1) is 10.7. The van der Waals surface area contributed by atoms with Crippen LogP contribution < -0.4 is 5.32 Å². The zero-order valence-corrected chi connectivity index (χ0v) is 12.6. The smallest absolute Gasteiger partial charge is 0.224 e. The molecule has 1 amide bonds. The lowest BCUT2D eigenvalue weighted by Crippen LogP contribution is -2.12. The zero-order valence-electron chi connectivity index (χ0n) is 12.6. The number of H-pyrrole nitrogens is 1. The predicted molar refractivity (Wildman–Crippen MR) is 88.9 cm³/mol. The second kappa shape index (κ2) is 6.43. The van der Waals surface area contributed by atoms with Crippen LogP contribution in [0.15, 0.2) is 48.5 Å². The molecule has 3 rings (SSSR count). The first kappa shape index (κ1) is 14.3. The molecule has 3 aromatic rings. The van der Waals surface area contributed by atoms with E-state index < -0.39 is 0 Å². The third-order valence-corrected chi connectivity index (χ3v) is 3.65. The Labute approximate surface area is 129 Å². The van der Waals surface area contributed by atoms with Gasteiger partial charge in [0.2, 0.25) is 5.91 Å². The van der Waals surface area contributed by atoms with E-state index in [1.807, 2.05) is 42.5 Å². The van der Waals surface area contributed by atoms with Crippen molar-refractivity contribution in [1.82, 2.24) is 9.97 Å². The Balaban J connectivity index is 1.59. The average molecular weight is 293 g/mol. The number of imidazole rings is 1. The highest BCUT2D eigenvalue weighted by molar-refractivity contribution is 5.90. The molecule has 4 nitrogen and oxygen atoms in total. The van der Waals surface area contributed by atoms with Crippen molar-refractivity contribution in [2.24, 2.45) is 0 Å². The molecule has 0 atom stereocenters. The minimum absolute atomic E-state index is 0.00806. The number of nitrogens with zero attached hydrogens (tertiary/aromatic N) is 1. The Morgan fingerprint density at radius 1 is 1.18 bits per heavy atom. The first-order valence-corrected chi connectivity index (χ1v) is 7.57. The molecule has 0 fully saturated rings. The summed E-state index contributed by atoms with van der Waals surface area (Å²) >= 11 is 0. The predicted octanol–water partition coefficient (Wildman–Crippen LogP) is 3.70. The quantitative estimate of drug-likeness (QED) is 0.753. The molecule has 4 heteroatoms. The summed E-state index contributed by atoms with van der Waals surface area (Å²) in [6.45, 7) is 2.10. The summed E-state index contributed by atoms with van der Waals surface area (Å²) in [5.74, 6) is 0.854. The molecule has 2 N–H and O–H groups in total. The number of para-hydroxylation sites is 2. The lowest BCUT2D eigenvalue weighted by molar-refractivity contribution is -0.116. The van der Waals surface area contributed by atoms with Crippen LogP contribution in [0, 0.1) is 0 Å². The highest BCUT2D eigenvalue weighted by Crippen LogP contribution is 2.13. The van der Waals surface area contributed by atoms with Gasteiger partial charge in [-0.3, -0.25) is 4.79 Å². The van der Waals surface area contributed by atoms with Crippen molar-refractivity contribution in [2.75, 3.05) is 5.32 Å². The minimum atomic E-state index is 0.00806. The van der Waals surface area contributed by atoms with Crippen molar-refractivity contribution in [1.29, 1.82) is 0 Å². The second-order valence-corrected chi connectivity index (χ2v) is 5.30. The monoisotopic (exact) mass is 293 g/mol. The van der Waals surface area contributed by atoms with Gasteiger partial charge >= 0.3 is 0 Å². The second-order valence-electron chi connectivity index (χ2n) is 5.30. The molecule has 1 heterocycles. The zero-order chi connectivity index (χ0) is 15.4. The number of fused-ring (bicyclic) bond motifs is 1. The molecule has 0 saturated heterocycles. The van der Waals surface area contributed by atoms with Crippen LogP contribution >= 0.6 is 0 Å². The molecule has 0 bridgehead atoms. The first-order valence-electron chi connectivity index (χ1n) is 7.57. The van der Waals surface area contributed by atoms with Gasteiger partial charge < -0.3 is 10.3 Å². The number of carbonyl (C=O) groups is 1. The highest BCUT2D eigenvalue weighted by atomic mass is 16.1. The fraction of sp³-hybridized carbons (Fsp3) is 0.222. The van der Waals surface area contributed by atoms with Crippen molar-refractivity contribution < 1.29 is 4.79 Å². The Bertz CT molecular complexity index is 759. The molecule has 1 aromatic heterocycles. The van der Waals surface area contributed by atoms with Crippen molar-refractivity contribution in [3.63, 3.8) is 0 Å². The van der Waals surface area contributed by atoms with Gasteiger partial charge in [-0.05, 0) is 36.2 Å². The number of rotatable bonds is 5. The molecule has 0 aliphatic rings. The van der Waals surface area contributed by atoms with Crippen LogP contribution in [0.3, 0.4) is 0 Å². The van der Waals surface area contributed by atoms with Gasteiger partial charge in [0.25, 0.3) is 0 Å². The lowest BCUT2D eigenvalue weighted by Gasteiger charge is -2.06. The van der Waals surface area contributed by atoms with Crippen molar-refractivity contribution in [3.05, 3.63) is 59.9 Å². The van der Waals surface area contributed by atoms with E-state index in [0.29, 0.717) is 12.8 Å². The Morgan fingerprint density at radius 2 is 2.05 bits per heavy atom. The molecule has 2 aromatic carbocycles. The topological polar surface area (TPSA) is 57.8 Å². The molecule has 22 heavy (non-hydrogen) atoms. The van der Waals surface area contributed by atoms with E-state index in [-0.39, 0.29) is 5.91 Å². The number of carbonyl (C=O) groups excluding carboxylic acids is 1. The fourth-order valence-corrected chi connectivity index (χ4v) is 2.45. The van der Waals surface area contributed by atoms with Gasteiger partial charge in [-0.15, -0.1) is 0 Å². The number of benzene rings is 2. The van der Waals surface area contributed by atoms with Gasteiger partial charge in [-0.25, -0.2) is 4.98 Å². The van der Waals surface area contributed by atoms with E-state index in [0.717, 1.165) is 29.0 Å². The minimum Gasteiger partial charge on any atom is -0.342 e. The molecule has 0 unspecified atom stereocenters. The third-order valence-electron chi connectivity index (χ3n) is 3.65. The van der Waals surface area contributed by atoms with Gasteiger partial charge in [-0.1, -0.05) is 31.2 Å². The molecule has 0 saturated carbocycles. The van der Waals surface area contributed by atoms with Crippen molar-refractivity contribution >= 4 is 22.6 Å². The molecular formula is C18H19N3O. The maximum atomic E-state index is 12.0. The SMILES string of the molecule is CCc1cccc(NC(=O)CCc2nc3ccccc3[nH]2)c1. The summed E-state index contributed by atoms with van der Waals surface area (Å²) in [7, 11) is 0. The molecule has 0 aliphatic carbocycles. The van der Waals surface area contributed by atoms with Crippen LogP contribution in [-0.2, 0) is 17.6 Å². The summed E-state index contributed by atoms with van der Waals surface area (Å²) in [4.78, 5) is 19.8. The molecule has 0 spiro atoms. The van der Waals surface area contributed by atoms with E-state index in [1.165, 1.54) is 5.56 Å².